The van der Waals surface area contributed by atoms with Gasteiger partial charge in [-0.2, -0.15) is 5.10 Å². The lowest BCUT2D eigenvalue weighted by Gasteiger charge is -2.07. The van der Waals surface area contributed by atoms with Crippen molar-refractivity contribution in [1.82, 2.24) is 10.2 Å². The van der Waals surface area contributed by atoms with Crippen LogP contribution < -0.4 is 11.3 Å². The Balaban J connectivity index is 2.82. The molecule has 18 heavy (non-hydrogen) atoms. The Morgan fingerprint density at radius 2 is 1.89 bits per heavy atom. The largest absolute Gasteiger partial charge is 0.364 e. The van der Waals surface area contributed by atoms with Gasteiger partial charge in [0.05, 0.1) is 5.56 Å². The highest BCUT2D eigenvalue weighted by Crippen LogP contribution is 2.26. The van der Waals surface area contributed by atoms with E-state index >= 15 is 0 Å². The number of aromatic amines is 1. The predicted octanol–water partition coefficient (Wildman–Crippen LogP) is 0.814. The summed E-state index contributed by atoms with van der Waals surface area (Å²) in [6.07, 6.45) is 0. The van der Waals surface area contributed by atoms with Crippen LogP contribution in [0.25, 0.3) is 11.1 Å². The van der Waals surface area contributed by atoms with Crippen molar-refractivity contribution in [3.8, 4) is 11.1 Å². The van der Waals surface area contributed by atoms with E-state index in [1.807, 2.05) is 5.10 Å². The number of amides is 1. The third-order valence-corrected chi connectivity index (χ3v) is 2.27. The topological polar surface area (TPSA) is 88.8 Å². The first-order chi connectivity index (χ1) is 8.50. The zero-order chi connectivity index (χ0) is 13.3. The normalized spacial score (nSPS) is 10.3. The summed E-state index contributed by atoms with van der Waals surface area (Å²) in [7, 11) is 0. The molecule has 1 heterocycles. The molecular weight excluding hydrogens is 244 g/mol. The predicted molar refractivity (Wildman–Crippen MR) is 58.7 cm³/mol. The maximum absolute atomic E-state index is 13.6. The van der Waals surface area contributed by atoms with Gasteiger partial charge in [0.2, 0.25) is 0 Å². The van der Waals surface area contributed by atoms with Gasteiger partial charge in [0.15, 0.2) is 5.69 Å². The van der Waals surface area contributed by atoms with E-state index in [1.165, 1.54) is 6.07 Å². The van der Waals surface area contributed by atoms with Crippen LogP contribution in [0.4, 0.5) is 8.78 Å². The molecule has 0 atom stereocenters. The fourth-order valence-corrected chi connectivity index (χ4v) is 1.54. The minimum absolute atomic E-state index is 0.276. The maximum Gasteiger partial charge on any atom is 0.269 e. The Morgan fingerprint density at radius 1 is 1.28 bits per heavy atom. The average Bonchev–Trinajstić information content (AvgIpc) is 2.28. The van der Waals surface area contributed by atoms with E-state index in [0.29, 0.717) is 0 Å². The van der Waals surface area contributed by atoms with Gasteiger partial charge < -0.3 is 5.73 Å². The van der Waals surface area contributed by atoms with E-state index in [2.05, 4.69) is 5.10 Å². The second-order valence-electron chi connectivity index (χ2n) is 3.46. The molecule has 0 fully saturated rings. The first-order valence-corrected chi connectivity index (χ1v) is 4.84. The molecule has 0 saturated heterocycles. The highest BCUT2D eigenvalue weighted by atomic mass is 19.1. The van der Waals surface area contributed by atoms with Crippen molar-refractivity contribution in [2.75, 3.05) is 0 Å². The highest BCUT2D eigenvalue weighted by Gasteiger charge is 2.19. The summed E-state index contributed by atoms with van der Waals surface area (Å²) in [6.45, 7) is 0. The van der Waals surface area contributed by atoms with Crippen molar-refractivity contribution in [2.45, 2.75) is 0 Å². The number of nitrogens with two attached hydrogens (primary N) is 1. The summed E-state index contributed by atoms with van der Waals surface area (Å²) in [5, 5.41) is 5.37. The molecule has 92 valence electrons. The van der Waals surface area contributed by atoms with E-state index in [1.54, 1.807) is 0 Å². The number of H-pyrrole nitrogens is 1. The van der Waals surface area contributed by atoms with Gasteiger partial charge in [0, 0.05) is 11.6 Å². The molecule has 0 spiro atoms. The molecule has 2 aromatic rings. The van der Waals surface area contributed by atoms with Crippen molar-refractivity contribution in [3.05, 3.63) is 51.9 Å². The van der Waals surface area contributed by atoms with Crippen molar-refractivity contribution in [3.63, 3.8) is 0 Å². The third kappa shape index (κ3) is 1.97. The standard InChI is InChI=1S/C11H7F2N3O2/c12-6-2-1-3-7(13)9(6)5-4-8(17)15-16-10(5)11(14)18/h1-4H,(H2,14,18)(H,15,17). The Morgan fingerprint density at radius 3 is 2.44 bits per heavy atom. The van der Waals surface area contributed by atoms with Crippen molar-refractivity contribution >= 4 is 5.91 Å². The monoisotopic (exact) mass is 251 g/mol. The lowest BCUT2D eigenvalue weighted by molar-refractivity contribution is 0.0995. The summed E-state index contributed by atoms with van der Waals surface area (Å²) in [6, 6.07) is 4.04. The lowest BCUT2D eigenvalue weighted by atomic mass is 10.0. The zero-order valence-electron chi connectivity index (χ0n) is 8.91. The number of halogens is 2. The van der Waals surface area contributed by atoms with E-state index in [9.17, 15) is 18.4 Å². The Bertz CT molecular complexity index is 662. The van der Waals surface area contributed by atoms with E-state index in [4.69, 9.17) is 5.73 Å². The van der Waals surface area contributed by atoms with Gasteiger partial charge in [0.25, 0.3) is 11.5 Å². The molecule has 0 aliphatic heterocycles. The fraction of sp³-hybridized carbons (Fsp3) is 0. The van der Waals surface area contributed by atoms with Crippen LogP contribution in [0.3, 0.4) is 0 Å². The second-order valence-corrected chi connectivity index (χ2v) is 3.46. The van der Waals surface area contributed by atoms with Crippen LogP contribution >= 0.6 is 0 Å². The first-order valence-electron chi connectivity index (χ1n) is 4.84. The Hall–Kier alpha value is -2.57. The third-order valence-electron chi connectivity index (χ3n) is 2.27. The number of rotatable bonds is 2. The molecule has 3 N–H and O–H groups in total. The van der Waals surface area contributed by atoms with Gasteiger partial charge in [0.1, 0.15) is 11.6 Å². The van der Waals surface area contributed by atoms with Crippen LogP contribution in [-0.2, 0) is 0 Å². The van der Waals surface area contributed by atoms with E-state index in [-0.39, 0.29) is 5.56 Å². The summed E-state index contributed by atoms with van der Waals surface area (Å²) >= 11 is 0. The van der Waals surface area contributed by atoms with Crippen molar-refractivity contribution in [2.24, 2.45) is 5.73 Å². The first kappa shape index (κ1) is 11.9. The van der Waals surface area contributed by atoms with Crippen LogP contribution in [0.5, 0.6) is 0 Å². The van der Waals surface area contributed by atoms with E-state index in [0.717, 1.165) is 18.2 Å². The minimum atomic E-state index is -0.996. The number of nitrogens with zero attached hydrogens (tertiary/aromatic N) is 1. The Labute approximate surface area is 99.3 Å². The summed E-state index contributed by atoms with van der Waals surface area (Å²) in [5.74, 6) is -2.82. The van der Waals surface area contributed by atoms with Crippen LogP contribution in [0.2, 0.25) is 0 Å². The van der Waals surface area contributed by atoms with Gasteiger partial charge >= 0.3 is 0 Å². The minimum Gasteiger partial charge on any atom is -0.364 e. The van der Waals surface area contributed by atoms with Crippen molar-refractivity contribution in [1.29, 1.82) is 0 Å². The summed E-state index contributed by atoms with van der Waals surface area (Å²) < 4.78 is 27.2. The molecule has 1 aromatic heterocycles. The number of nitrogens with one attached hydrogen (secondary N) is 1. The van der Waals surface area contributed by atoms with Crippen LogP contribution in [0.1, 0.15) is 10.5 Å². The molecule has 1 aromatic carbocycles. The van der Waals surface area contributed by atoms with Gasteiger partial charge in [-0.05, 0) is 12.1 Å². The number of aromatic nitrogens is 2. The molecule has 0 radical (unpaired) electrons. The molecule has 0 aliphatic rings. The number of carbonyl (C=O) groups is 1. The van der Waals surface area contributed by atoms with Gasteiger partial charge in [-0.3, -0.25) is 9.59 Å². The van der Waals surface area contributed by atoms with Crippen molar-refractivity contribution < 1.29 is 13.6 Å². The molecule has 7 heteroatoms. The molecule has 0 unspecified atom stereocenters. The zero-order valence-corrected chi connectivity index (χ0v) is 8.91. The van der Waals surface area contributed by atoms with Crippen LogP contribution in [-0.4, -0.2) is 16.1 Å². The SMILES string of the molecule is NC(=O)c1n[nH]c(=O)cc1-c1c(F)cccc1F. The molecule has 0 bridgehead atoms. The number of primary amides is 1. The molecule has 1 amide bonds. The number of carbonyl (C=O) groups excluding carboxylic acids is 1. The lowest BCUT2D eigenvalue weighted by Crippen LogP contribution is -2.20. The van der Waals surface area contributed by atoms with E-state index < -0.39 is 34.4 Å². The quantitative estimate of drug-likeness (QED) is 0.827. The molecule has 0 aliphatic carbocycles. The number of hydrogen-bond donors (Lipinski definition) is 2. The van der Waals surface area contributed by atoms with Gasteiger partial charge in [-0.1, -0.05) is 6.07 Å². The Kier molecular flexibility index (Phi) is 2.88. The van der Waals surface area contributed by atoms with Crippen LogP contribution in [0.15, 0.2) is 29.1 Å². The number of hydrogen-bond acceptors (Lipinski definition) is 3. The fourth-order valence-electron chi connectivity index (χ4n) is 1.54. The van der Waals surface area contributed by atoms with Crippen LogP contribution in [0, 0.1) is 11.6 Å². The molecular formula is C11H7F2N3O2. The van der Waals surface area contributed by atoms with Gasteiger partial charge in [-0.15, -0.1) is 0 Å². The van der Waals surface area contributed by atoms with Gasteiger partial charge in [-0.25, -0.2) is 13.9 Å². The smallest absolute Gasteiger partial charge is 0.269 e. The number of benzene rings is 1. The summed E-state index contributed by atoms with van der Waals surface area (Å²) in [4.78, 5) is 22.3. The highest BCUT2D eigenvalue weighted by molar-refractivity contribution is 5.97. The molecule has 2 rings (SSSR count). The molecule has 5 nitrogen and oxygen atoms in total. The summed E-state index contributed by atoms with van der Waals surface area (Å²) in [5.41, 5.74) is 3.15. The maximum atomic E-state index is 13.6. The molecule has 0 saturated carbocycles. The second kappa shape index (κ2) is 4.36. The average molecular weight is 251 g/mol.